The second-order valence-electron chi connectivity index (χ2n) is 4.55. The molecule has 1 amide bonds. The first-order valence-corrected chi connectivity index (χ1v) is 5.83. The standard InChI is InChI=1S/C13H14F3NO3/c1-6(2)17(7(3)18)12(13(19)20)8-4-10(15)11(16)5-9(8)14/h4-6,12H,1-3H3,(H,19,20). The Morgan fingerprint density at radius 2 is 1.60 bits per heavy atom. The molecule has 0 aromatic heterocycles. The molecule has 20 heavy (non-hydrogen) atoms. The van der Waals surface area contributed by atoms with Gasteiger partial charge in [0.05, 0.1) is 0 Å². The van der Waals surface area contributed by atoms with Crippen LogP contribution in [0, 0.1) is 17.5 Å². The fraction of sp³-hybridized carbons (Fsp3) is 0.385. The number of halogens is 3. The second kappa shape index (κ2) is 5.94. The highest BCUT2D eigenvalue weighted by atomic mass is 19.2. The first kappa shape index (κ1) is 16.0. The molecular formula is C13H14F3NO3. The molecule has 1 aromatic carbocycles. The minimum atomic E-state index is -1.72. The quantitative estimate of drug-likeness (QED) is 0.866. The molecule has 0 bridgehead atoms. The normalized spacial score (nSPS) is 12.3. The van der Waals surface area contributed by atoms with Gasteiger partial charge in [0, 0.05) is 24.6 Å². The van der Waals surface area contributed by atoms with Crippen LogP contribution in [0.3, 0.4) is 0 Å². The summed E-state index contributed by atoms with van der Waals surface area (Å²) in [5.74, 6) is -6.16. The van der Waals surface area contributed by atoms with E-state index in [4.69, 9.17) is 0 Å². The molecule has 0 aliphatic heterocycles. The maximum atomic E-state index is 13.7. The van der Waals surface area contributed by atoms with Gasteiger partial charge in [0.15, 0.2) is 17.7 Å². The van der Waals surface area contributed by atoms with E-state index in [9.17, 15) is 27.9 Å². The van der Waals surface area contributed by atoms with Crippen molar-refractivity contribution >= 4 is 11.9 Å². The van der Waals surface area contributed by atoms with Crippen molar-refractivity contribution in [3.8, 4) is 0 Å². The van der Waals surface area contributed by atoms with E-state index in [1.165, 1.54) is 13.8 Å². The smallest absolute Gasteiger partial charge is 0.331 e. The summed E-state index contributed by atoms with van der Waals surface area (Å²) in [7, 11) is 0. The van der Waals surface area contributed by atoms with Crippen LogP contribution in [0.4, 0.5) is 13.2 Å². The van der Waals surface area contributed by atoms with Gasteiger partial charge in [-0.1, -0.05) is 0 Å². The third-order valence-electron chi connectivity index (χ3n) is 2.77. The van der Waals surface area contributed by atoms with E-state index in [-0.39, 0.29) is 6.07 Å². The number of hydrogen-bond donors (Lipinski definition) is 1. The van der Waals surface area contributed by atoms with Crippen LogP contribution >= 0.6 is 0 Å². The summed E-state index contributed by atoms with van der Waals surface area (Å²) in [6, 6.07) is -1.55. The zero-order valence-corrected chi connectivity index (χ0v) is 11.2. The first-order chi connectivity index (χ1) is 9.16. The van der Waals surface area contributed by atoms with E-state index >= 15 is 0 Å². The molecular weight excluding hydrogens is 275 g/mol. The van der Waals surface area contributed by atoms with Crippen LogP contribution in [0.25, 0.3) is 0 Å². The van der Waals surface area contributed by atoms with Crippen molar-refractivity contribution in [2.45, 2.75) is 32.9 Å². The molecule has 1 N–H and O–H groups in total. The zero-order valence-electron chi connectivity index (χ0n) is 11.2. The lowest BCUT2D eigenvalue weighted by Crippen LogP contribution is -2.42. The highest BCUT2D eigenvalue weighted by molar-refractivity contribution is 5.83. The Bertz CT molecular complexity index is 546. The number of carbonyl (C=O) groups excluding carboxylic acids is 1. The molecule has 4 nitrogen and oxygen atoms in total. The Hall–Kier alpha value is -2.05. The van der Waals surface area contributed by atoms with E-state index in [0.29, 0.717) is 6.07 Å². The molecule has 0 saturated heterocycles. The summed E-state index contributed by atoms with van der Waals surface area (Å²) in [6.07, 6.45) is 0. The van der Waals surface area contributed by atoms with Gasteiger partial charge in [-0.3, -0.25) is 4.79 Å². The third kappa shape index (κ3) is 3.09. The van der Waals surface area contributed by atoms with Gasteiger partial charge < -0.3 is 10.0 Å². The van der Waals surface area contributed by atoms with Crippen molar-refractivity contribution in [2.75, 3.05) is 0 Å². The summed E-state index contributed by atoms with van der Waals surface area (Å²) in [5.41, 5.74) is -0.597. The topological polar surface area (TPSA) is 57.6 Å². The number of carbonyl (C=O) groups is 2. The van der Waals surface area contributed by atoms with Crippen LogP contribution in [0.1, 0.15) is 32.4 Å². The molecule has 0 saturated carbocycles. The Labute approximate surface area is 113 Å². The van der Waals surface area contributed by atoms with Crippen molar-refractivity contribution in [3.63, 3.8) is 0 Å². The molecule has 7 heteroatoms. The fourth-order valence-corrected chi connectivity index (χ4v) is 1.99. The number of aliphatic carboxylic acids is 1. The summed E-state index contributed by atoms with van der Waals surface area (Å²) in [6.45, 7) is 4.19. The van der Waals surface area contributed by atoms with Crippen LogP contribution < -0.4 is 0 Å². The number of hydrogen-bond acceptors (Lipinski definition) is 2. The van der Waals surface area contributed by atoms with Gasteiger partial charge in [0.25, 0.3) is 0 Å². The molecule has 0 radical (unpaired) electrons. The molecule has 1 rings (SSSR count). The Morgan fingerprint density at radius 1 is 1.10 bits per heavy atom. The number of benzene rings is 1. The Balaban J connectivity index is 3.45. The zero-order chi connectivity index (χ0) is 15.6. The minimum Gasteiger partial charge on any atom is -0.479 e. The van der Waals surface area contributed by atoms with Gasteiger partial charge in [-0.25, -0.2) is 18.0 Å². The lowest BCUT2D eigenvalue weighted by atomic mass is 10.0. The number of carboxylic acid groups (broad SMARTS) is 1. The highest BCUT2D eigenvalue weighted by Gasteiger charge is 2.34. The van der Waals surface area contributed by atoms with Crippen LogP contribution in [-0.2, 0) is 9.59 Å². The van der Waals surface area contributed by atoms with Gasteiger partial charge in [0.2, 0.25) is 5.91 Å². The first-order valence-electron chi connectivity index (χ1n) is 5.83. The van der Waals surface area contributed by atoms with E-state index in [1.807, 2.05) is 0 Å². The van der Waals surface area contributed by atoms with Crippen molar-refractivity contribution in [3.05, 3.63) is 35.1 Å². The van der Waals surface area contributed by atoms with Crippen LogP contribution in [0.15, 0.2) is 12.1 Å². The van der Waals surface area contributed by atoms with E-state index < -0.39 is 47.0 Å². The molecule has 0 heterocycles. The molecule has 0 fully saturated rings. The second-order valence-corrected chi connectivity index (χ2v) is 4.55. The fourth-order valence-electron chi connectivity index (χ4n) is 1.99. The van der Waals surface area contributed by atoms with Gasteiger partial charge in [-0.15, -0.1) is 0 Å². The minimum absolute atomic E-state index is 0.263. The van der Waals surface area contributed by atoms with Crippen molar-refractivity contribution in [1.82, 2.24) is 4.90 Å². The maximum absolute atomic E-state index is 13.7. The third-order valence-corrected chi connectivity index (χ3v) is 2.77. The summed E-state index contributed by atoms with van der Waals surface area (Å²) in [5, 5.41) is 9.20. The molecule has 0 spiro atoms. The van der Waals surface area contributed by atoms with E-state index in [2.05, 4.69) is 0 Å². The predicted molar refractivity (Wildman–Crippen MR) is 64.3 cm³/mol. The maximum Gasteiger partial charge on any atom is 0.331 e. The van der Waals surface area contributed by atoms with Gasteiger partial charge >= 0.3 is 5.97 Å². The van der Waals surface area contributed by atoms with Gasteiger partial charge in [-0.2, -0.15) is 0 Å². The summed E-state index contributed by atoms with van der Waals surface area (Å²) < 4.78 is 39.8. The average molecular weight is 289 g/mol. The molecule has 110 valence electrons. The molecule has 0 aliphatic carbocycles. The largest absolute Gasteiger partial charge is 0.479 e. The summed E-state index contributed by atoms with van der Waals surface area (Å²) in [4.78, 5) is 23.7. The highest BCUT2D eigenvalue weighted by Crippen LogP contribution is 2.27. The molecule has 1 atom stereocenters. The van der Waals surface area contributed by atoms with Crippen molar-refractivity contribution in [2.24, 2.45) is 0 Å². The molecule has 0 aliphatic rings. The monoisotopic (exact) mass is 289 g/mol. The van der Waals surface area contributed by atoms with Crippen molar-refractivity contribution < 1.29 is 27.9 Å². The average Bonchev–Trinajstić information content (AvgIpc) is 2.29. The summed E-state index contributed by atoms with van der Waals surface area (Å²) >= 11 is 0. The van der Waals surface area contributed by atoms with E-state index in [0.717, 1.165) is 11.8 Å². The van der Waals surface area contributed by atoms with Crippen LogP contribution in [0.5, 0.6) is 0 Å². The number of rotatable bonds is 4. The van der Waals surface area contributed by atoms with Gasteiger partial charge in [0.1, 0.15) is 5.82 Å². The molecule has 1 aromatic rings. The molecule has 1 unspecified atom stereocenters. The SMILES string of the molecule is CC(=O)N(C(C)C)C(C(=O)O)c1cc(F)c(F)cc1F. The van der Waals surface area contributed by atoms with Crippen LogP contribution in [-0.4, -0.2) is 27.9 Å². The Morgan fingerprint density at radius 3 is 2.00 bits per heavy atom. The van der Waals surface area contributed by atoms with Crippen molar-refractivity contribution in [1.29, 1.82) is 0 Å². The number of nitrogens with zero attached hydrogens (tertiary/aromatic N) is 1. The lowest BCUT2D eigenvalue weighted by molar-refractivity contribution is -0.151. The lowest BCUT2D eigenvalue weighted by Gasteiger charge is -2.32. The van der Waals surface area contributed by atoms with Crippen LogP contribution in [0.2, 0.25) is 0 Å². The Kier molecular flexibility index (Phi) is 4.75. The predicted octanol–water partition coefficient (Wildman–Crippen LogP) is 2.49. The number of carboxylic acids is 1. The number of amides is 1. The van der Waals surface area contributed by atoms with E-state index in [1.54, 1.807) is 0 Å². The van der Waals surface area contributed by atoms with Gasteiger partial charge in [-0.05, 0) is 19.9 Å².